The van der Waals surface area contributed by atoms with Gasteiger partial charge in [0.1, 0.15) is 24.1 Å². The van der Waals surface area contributed by atoms with Crippen LogP contribution in [-0.2, 0) is 10.2 Å². The first kappa shape index (κ1) is 34.5. The van der Waals surface area contributed by atoms with E-state index in [1.807, 2.05) is 18.2 Å². The van der Waals surface area contributed by atoms with E-state index in [2.05, 4.69) is 54.5 Å². The SMILES string of the molecule is C=Nc1c(C(=NCOCCCN(CC(C)C)C(C)CC)N2CC3CCC(C2)N3)cc(Cl)c(-c2cccc3ccc(F)c(C45CC4C5)c23)c1F. The summed E-state index contributed by atoms with van der Waals surface area (Å²) in [5.74, 6) is 0.947. The Hall–Kier alpha value is -2.91. The van der Waals surface area contributed by atoms with Crippen LogP contribution in [0.1, 0.15) is 77.3 Å². The maximum absolute atomic E-state index is 17.0. The predicted molar refractivity (Wildman–Crippen MR) is 198 cm³/mol. The number of halogens is 3. The molecule has 4 aliphatic rings. The summed E-state index contributed by atoms with van der Waals surface area (Å²) >= 11 is 7.07. The molecule has 262 valence electrons. The van der Waals surface area contributed by atoms with Crippen molar-refractivity contribution in [2.24, 2.45) is 21.8 Å². The van der Waals surface area contributed by atoms with Gasteiger partial charge < -0.3 is 19.9 Å². The second-order valence-corrected chi connectivity index (χ2v) is 15.7. The average Bonchev–Trinajstić information content (AvgIpc) is 3.94. The van der Waals surface area contributed by atoms with Crippen molar-refractivity contribution in [1.82, 2.24) is 15.1 Å². The Morgan fingerprint density at radius 1 is 1.14 bits per heavy atom. The molecule has 2 saturated heterocycles. The van der Waals surface area contributed by atoms with Gasteiger partial charge in [-0.1, -0.05) is 56.6 Å². The summed E-state index contributed by atoms with van der Waals surface area (Å²) in [5.41, 5.74) is 1.99. The number of likely N-dealkylation sites (tertiary alicyclic amines) is 1. The van der Waals surface area contributed by atoms with E-state index in [-0.39, 0.29) is 34.2 Å². The van der Waals surface area contributed by atoms with E-state index >= 15 is 8.78 Å². The third-order valence-corrected chi connectivity index (χ3v) is 11.7. The van der Waals surface area contributed by atoms with Crippen molar-refractivity contribution in [3.63, 3.8) is 0 Å². The Labute approximate surface area is 295 Å². The van der Waals surface area contributed by atoms with Gasteiger partial charge in [-0.15, -0.1) is 0 Å². The molecule has 3 aromatic rings. The Balaban J connectivity index is 1.20. The summed E-state index contributed by atoms with van der Waals surface area (Å²) in [7, 11) is 0. The molecule has 0 aromatic heterocycles. The highest BCUT2D eigenvalue weighted by Crippen LogP contribution is 2.76. The fourth-order valence-electron chi connectivity index (χ4n) is 8.42. The molecule has 0 radical (unpaired) electrons. The normalized spacial score (nSPS) is 25.0. The third-order valence-electron chi connectivity index (χ3n) is 11.4. The molecule has 0 amide bonds. The molecule has 3 unspecified atom stereocenters. The monoisotopic (exact) mass is 689 g/mol. The lowest BCUT2D eigenvalue weighted by atomic mass is 9.88. The number of aliphatic imine (C=N–C) groups is 2. The van der Waals surface area contributed by atoms with Crippen LogP contribution >= 0.6 is 11.6 Å². The van der Waals surface area contributed by atoms with Gasteiger partial charge in [-0.3, -0.25) is 4.99 Å². The molecular formula is C40H50ClF2N5O. The quantitative estimate of drug-likeness (QED) is 0.105. The highest BCUT2D eigenvalue weighted by molar-refractivity contribution is 6.34. The summed E-state index contributed by atoms with van der Waals surface area (Å²) in [5, 5.41) is 5.54. The minimum absolute atomic E-state index is 0.103. The highest BCUT2D eigenvalue weighted by Gasteiger charge is 2.71. The summed E-state index contributed by atoms with van der Waals surface area (Å²) in [4.78, 5) is 14.0. The first-order chi connectivity index (χ1) is 23.6. The Morgan fingerprint density at radius 2 is 1.88 bits per heavy atom. The maximum Gasteiger partial charge on any atom is 0.158 e. The molecule has 3 atom stereocenters. The number of fused-ring (bicyclic) bond motifs is 4. The van der Waals surface area contributed by atoms with Crippen LogP contribution in [0.2, 0.25) is 5.02 Å². The van der Waals surface area contributed by atoms with Gasteiger partial charge in [0, 0.05) is 66.4 Å². The molecular weight excluding hydrogens is 640 g/mol. The average molecular weight is 690 g/mol. The number of benzene rings is 3. The zero-order valence-corrected chi connectivity index (χ0v) is 30.1. The van der Waals surface area contributed by atoms with Gasteiger partial charge in [0.05, 0.1) is 11.6 Å². The van der Waals surface area contributed by atoms with Gasteiger partial charge >= 0.3 is 0 Å². The van der Waals surface area contributed by atoms with Gasteiger partial charge in [0.15, 0.2) is 5.82 Å². The number of piperazine rings is 1. The lowest BCUT2D eigenvalue weighted by Gasteiger charge is -2.35. The minimum Gasteiger partial charge on any atom is -0.359 e. The van der Waals surface area contributed by atoms with Gasteiger partial charge in [0.2, 0.25) is 0 Å². The number of ether oxygens (including phenoxy) is 1. The molecule has 9 heteroatoms. The molecule has 2 aliphatic carbocycles. The zero-order chi connectivity index (χ0) is 34.4. The fraction of sp³-hybridized carbons (Fsp3) is 0.550. The molecule has 0 spiro atoms. The first-order valence-corrected chi connectivity index (χ1v) is 18.6. The van der Waals surface area contributed by atoms with Crippen LogP contribution in [0.3, 0.4) is 0 Å². The smallest absolute Gasteiger partial charge is 0.158 e. The second-order valence-electron chi connectivity index (χ2n) is 15.3. The number of nitrogens with one attached hydrogen (secondary N) is 1. The maximum atomic E-state index is 17.0. The van der Waals surface area contributed by atoms with Crippen LogP contribution < -0.4 is 5.32 Å². The third kappa shape index (κ3) is 6.66. The van der Waals surface area contributed by atoms with Gasteiger partial charge in [-0.05, 0) is 92.5 Å². The van der Waals surface area contributed by atoms with Crippen LogP contribution in [0.25, 0.3) is 21.9 Å². The van der Waals surface area contributed by atoms with Crippen LogP contribution in [-0.4, -0.2) is 80.0 Å². The van der Waals surface area contributed by atoms with E-state index in [1.54, 1.807) is 18.2 Å². The largest absolute Gasteiger partial charge is 0.359 e. The summed E-state index contributed by atoms with van der Waals surface area (Å²) in [6, 6.07) is 12.0. The van der Waals surface area contributed by atoms with Crippen molar-refractivity contribution in [1.29, 1.82) is 0 Å². The minimum atomic E-state index is -0.567. The Bertz CT molecular complexity index is 1740. The zero-order valence-electron chi connectivity index (χ0n) is 29.4. The molecule has 4 fully saturated rings. The highest BCUT2D eigenvalue weighted by atomic mass is 35.5. The molecule has 6 nitrogen and oxygen atoms in total. The number of hydrogen-bond donors (Lipinski definition) is 1. The molecule has 2 saturated carbocycles. The van der Waals surface area contributed by atoms with Gasteiger partial charge in [0.25, 0.3) is 0 Å². The number of rotatable bonds is 14. The van der Waals surface area contributed by atoms with Crippen molar-refractivity contribution < 1.29 is 13.5 Å². The molecule has 2 heterocycles. The summed E-state index contributed by atoms with van der Waals surface area (Å²) in [6.45, 7) is 17.1. The van der Waals surface area contributed by atoms with E-state index in [1.165, 1.54) is 0 Å². The molecule has 7 rings (SSSR count). The number of hydrogen-bond acceptors (Lipinski definition) is 5. The Kier molecular flexibility index (Phi) is 9.88. The van der Waals surface area contributed by atoms with Crippen molar-refractivity contribution in [2.75, 3.05) is 39.5 Å². The number of amidine groups is 1. The van der Waals surface area contributed by atoms with E-state index in [0.29, 0.717) is 59.1 Å². The van der Waals surface area contributed by atoms with Crippen molar-refractivity contribution in [3.8, 4) is 11.1 Å². The molecule has 49 heavy (non-hydrogen) atoms. The fourth-order valence-corrected chi connectivity index (χ4v) is 8.72. The van der Waals surface area contributed by atoms with E-state index in [0.717, 1.165) is 75.5 Å². The van der Waals surface area contributed by atoms with Crippen LogP contribution in [0.5, 0.6) is 0 Å². The van der Waals surface area contributed by atoms with E-state index in [9.17, 15) is 0 Å². The summed E-state index contributed by atoms with van der Waals surface area (Å²) < 4.78 is 38.6. The Morgan fingerprint density at radius 3 is 2.53 bits per heavy atom. The lowest BCUT2D eigenvalue weighted by Crippen LogP contribution is -2.53. The predicted octanol–water partition coefficient (Wildman–Crippen LogP) is 8.74. The van der Waals surface area contributed by atoms with Crippen LogP contribution in [0, 0.1) is 23.5 Å². The molecule has 2 bridgehead atoms. The van der Waals surface area contributed by atoms with E-state index < -0.39 is 5.82 Å². The standard InChI is InChI=1S/C40H50ClF2N5O/c1-6-25(4)47(20-24(2)3)15-8-16-49-23-45-39(48-21-28-12-13-29(22-48)46-28)31-17-32(41)35(37(43)38(31)44-5)30-10-7-9-26-11-14-33(42)36(34(26)30)40-18-27(40)19-40/h7,9-11,14,17,24-25,27-29,46H,5-6,8,12-13,15-16,18-23H2,1-4H3. The summed E-state index contributed by atoms with van der Waals surface area (Å²) in [6.07, 6.45) is 6.17. The number of nitrogens with zero attached hydrogens (tertiary/aromatic N) is 4. The molecule has 2 aliphatic heterocycles. The topological polar surface area (TPSA) is 52.5 Å². The van der Waals surface area contributed by atoms with Crippen molar-refractivity contribution in [3.05, 3.63) is 64.2 Å². The second kappa shape index (κ2) is 14.0. The van der Waals surface area contributed by atoms with Gasteiger partial charge in [-0.2, -0.15) is 0 Å². The van der Waals surface area contributed by atoms with Gasteiger partial charge in [-0.25, -0.2) is 13.8 Å². The van der Waals surface area contributed by atoms with Crippen molar-refractivity contribution >= 4 is 40.6 Å². The van der Waals surface area contributed by atoms with E-state index in [4.69, 9.17) is 21.3 Å². The van der Waals surface area contributed by atoms with Crippen molar-refractivity contribution in [2.45, 2.75) is 89.8 Å². The first-order valence-electron chi connectivity index (χ1n) is 18.2. The van der Waals surface area contributed by atoms with Crippen LogP contribution in [0.15, 0.2) is 46.4 Å². The molecule has 3 aromatic carbocycles. The lowest BCUT2D eigenvalue weighted by molar-refractivity contribution is 0.113. The van der Waals surface area contributed by atoms with Crippen LogP contribution in [0.4, 0.5) is 14.5 Å². The molecule has 1 N–H and O–H groups in total.